The van der Waals surface area contributed by atoms with Crippen molar-refractivity contribution in [2.24, 2.45) is 10.9 Å². The Morgan fingerprint density at radius 3 is 2.71 bits per heavy atom. The number of hydrogen-bond donors (Lipinski definition) is 2. The van der Waals surface area contributed by atoms with E-state index in [1.807, 2.05) is 37.3 Å². The molecule has 1 rings (SSSR count). The Morgan fingerprint density at radius 1 is 1.50 bits per heavy atom. The van der Waals surface area contributed by atoms with Crippen LogP contribution in [0.3, 0.4) is 0 Å². The quantitative estimate of drug-likeness (QED) is 0.330. The minimum atomic E-state index is -0.0588. The molecule has 0 amide bonds. The molecule has 4 nitrogen and oxygen atoms in total. The average molecular weight is 194 g/mol. The monoisotopic (exact) mass is 194 g/mol. The van der Waals surface area contributed by atoms with Gasteiger partial charge in [-0.25, -0.2) is 0 Å². The van der Waals surface area contributed by atoms with Crippen molar-refractivity contribution < 1.29 is 9.94 Å². The van der Waals surface area contributed by atoms with Crippen LogP contribution in [-0.2, 0) is 4.74 Å². The number of rotatable bonds is 4. The SMILES string of the molecule is CC(OC/C(N)=N/O)c1ccccc1. The summed E-state index contributed by atoms with van der Waals surface area (Å²) in [4.78, 5) is 0. The Kier molecular flexibility index (Phi) is 3.94. The lowest BCUT2D eigenvalue weighted by atomic mass is 10.1. The largest absolute Gasteiger partial charge is 0.409 e. The van der Waals surface area contributed by atoms with Gasteiger partial charge in [-0.05, 0) is 12.5 Å². The molecule has 0 heterocycles. The van der Waals surface area contributed by atoms with Crippen LogP contribution in [0.2, 0.25) is 0 Å². The molecule has 0 aliphatic heterocycles. The van der Waals surface area contributed by atoms with Gasteiger partial charge in [0.15, 0.2) is 5.84 Å². The van der Waals surface area contributed by atoms with Gasteiger partial charge in [-0.2, -0.15) is 0 Å². The lowest BCUT2D eigenvalue weighted by Crippen LogP contribution is -2.20. The van der Waals surface area contributed by atoms with Crippen molar-refractivity contribution in [1.29, 1.82) is 0 Å². The molecule has 14 heavy (non-hydrogen) atoms. The first-order valence-corrected chi connectivity index (χ1v) is 4.37. The lowest BCUT2D eigenvalue weighted by molar-refractivity contribution is 0.0943. The number of nitrogens with zero attached hydrogens (tertiary/aromatic N) is 1. The summed E-state index contributed by atoms with van der Waals surface area (Å²) in [6.45, 7) is 2.05. The standard InChI is InChI=1S/C10H14N2O2/c1-8(14-7-10(11)12-13)9-5-3-2-4-6-9/h2-6,8,13H,7H2,1H3,(H2,11,12). The Bertz CT molecular complexity index is 298. The molecule has 3 N–H and O–H groups in total. The number of hydrogen-bond acceptors (Lipinski definition) is 3. The second kappa shape index (κ2) is 5.24. The fourth-order valence-electron chi connectivity index (χ4n) is 1.06. The predicted octanol–water partition coefficient (Wildman–Crippen LogP) is 1.51. The smallest absolute Gasteiger partial charge is 0.165 e. The third-order valence-corrected chi connectivity index (χ3v) is 1.88. The Balaban J connectivity index is 2.47. The summed E-state index contributed by atoms with van der Waals surface area (Å²) in [6, 6.07) is 9.77. The van der Waals surface area contributed by atoms with E-state index in [0.29, 0.717) is 0 Å². The summed E-state index contributed by atoms with van der Waals surface area (Å²) in [5, 5.41) is 11.1. The normalized spacial score (nSPS) is 13.9. The second-order valence-electron chi connectivity index (χ2n) is 2.96. The molecule has 76 valence electrons. The van der Waals surface area contributed by atoms with E-state index in [-0.39, 0.29) is 18.5 Å². The van der Waals surface area contributed by atoms with Crippen LogP contribution in [0.4, 0.5) is 0 Å². The van der Waals surface area contributed by atoms with Crippen LogP contribution in [0.1, 0.15) is 18.6 Å². The van der Waals surface area contributed by atoms with E-state index in [1.54, 1.807) is 0 Å². The summed E-state index contributed by atoms with van der Waals surface area (Å²) in [6.07, 6.45) is -0.0588. The average Bonchev–Trinajstić information content (AvgIpc) is 2.26. The van der Waals surface area contributed by atoms with Gasteiger partial charge in [0.25, 0.3) is 0 Å². The zero-order chi connectivity index (χ0) is 10.4. The van der Waals surface area contributed by atoms with Crippen molar-refractivity contribution in [3.8, 4) is 0 Å². The van der Waals surface area contributed by atoms with Crippen molar-refractivity contribution in [3.05, 3.63) is 35.9 Å². The van der Waals surface area contributed by atoms with E-state index >= 15 is 0 Å². The van der Waals surface area contributed by atoms with E-state index in [9.17, 15) is 0 Å². The number of benzene rings is 1. The van der Waals surface area contributed by atoms with E-state index < -0.39 is 0 Å². The fourth-order valence-corrected chi connectivity index (χ4v) is 1.06. The first kappa shape index (κ1) is 10.5. The van der Waals surface area contributed by atoms with Crippen molar-refractivity contribution >= 4 is 5.84 Å². The number of oxime groups is 1. The van der Waals surface area contributed by atoms with Gasteiger partial charge >= 0.3 is 0 Å². The summed E-state index contributed by atoms with van der Waals surface area (Å²) in [5.74, 6) is 0.0766. The van der Waals surface area contributed by atoms with Crippen molar-refractivity contribution in [1.82, 2.24) is 0 Å². The molecule has 0 spiro atoms. The minimum absolute atomic E-state index is 0.0588. The highest BCUT2D eigenvalue weighted by atomic mass is 16.5. The molecule has 0 fully saturated rings. The van der Waals surface area contributed by atoms with E-state index in [4.69, 9.17) is 15.7 Å². The minimum Gasteiger partial charge on any atom is -0.409 e. The maximum atomic E-state index is 8.30. The fraction of sp³-hybridized carbons (Fsp3) is 0.300. The molecule has 0 saturated carbocycles. The molecule has 1 unspecified atom stereocenters. The summed E-state index contributed by atoms with van der Waals surface area (Å²) >= 11 is 0. The van der Waals surface area contributed by atoms with E-state index in [2.05, 4.69) is 5.16 Å². The summed E-state index contributed by atoms with van der Waals surface area (Å²) in [7, 11) is 0. The highest BCUT2D eigenvalue weighted by Crippen LogP contribution is 2.15. The predicted molar refractivity (Wildman–Crippen MR) is 54.2 cm³/mol. The third-order valence-electron chi connectivity index (χ3n) is 1.88. The van der Waals surface area contributed by atoms with Gasteiger partial charge in [-0.3, -0.25) is 0 Å². The highest BCUT2D eigenvalue weighted by Gasteiger charge is 2.05. The Labute approximate surface area is 83.0 Å². The van der Waals surface area contributed by atoms with Crippen LogP contribution >= 0.6 is 0 Å². The molecule has 1 atom stereocenters. The van der Waals surface area contributed by atoms with Crippen LogP contribution in [0.5, 0.6) is 0 Å². The molecule has 0 radical (unpaired) electrons. The van der Waals surface area contributed by atoms with Crippen molar-refractivity contribution in [2.45, 2.75) is 13.0 Å². The third kappa shape index (κ3) is 3.06. The molecule has 0 bridgehead atoms. The Hall–Kier alpha value is -1.55. The first-order chi connectivity index (χ1) is 6.74. The maximum absolute atomic E-state index is 8.30. The van der Waals surface area contributed by atoms with Gasteiger partial charge in [0.1, 0.15) is 6.61 Å². The molecule has 0 saturated heterocycles. The molecule has 0 aliphatic carbocycles. The van der Waals surface area contributed by atoms with Gasteiger partial charge in [-0.1, -0.05) is 35.5 Å². The first-order valence-electron chi connectivity index (χ1n) is 4.37. The van der Waals surface area contributed by atoms with Crippen molar-refractivity contribution in [2.75, 3.05) is 6.61 Å². The molecule has 4 heteroatoms. The van der Waals surface area contributed by atoms with Gasteiger partial charge in [0.05, 0.1) is 6.10 Å². The van der Waals surface area contributed by atoms with Crippen molar-refractivity contribution in [3.63, 3.8) is 0 Å². The molecule has 0 aliphatic rings. The van der Waals surface area contributed by atoms with Crippen LogP contribution in [0, 0.1) is 0 Å². The van der Waals surface area contributed by atoms with E-state index in [0.717, 1.165) is 5.56 Å². The molecule has 0 aromatic heterocycles. The highest BCUT2D eigenvalue weighted by molar-refractivity contribution is 5.80. The number of nitrogens with two attached hydrogens (primary N) is 1. The van der Waals surface area contributed by atoms with Gasteiger partial charge in [-0.15, -0.1) is 0 Å². The van der Waals surface area contributed by atoms with Crippen LogP contribution < -0.4 is 5.73 Å². The topological polar surface area (TPSA) is 67.8 Å². The van der Waals surface area contributed by atoms with Gasteiger partial charge in [0.2, 0.25) is 0 Å². The molecule has 1 aromatic carbocycles. The molecule has 1 aromatic rings. The van der Waals surface area contributed by atoms with Gasteiger partial charge in [0, 0.05) is 0 Å². The Morgan fingerprint density at radius 2 is 2.14 bits per heavy atom. The lowest BCUT2D eigenvalue weighted by Gasteiger charge is -2.12. The second-order valence-corrected chi connectivity index (χ2v) is 2.96. The summed E-state index contributed by atoms with van der Waals surface area (Å²) < 4.78 is 5.36. The number of amidine groups is 1. The molecular weight excluding hydrogens is 180 g/mol. The van der Waals surface area contributed by atoms with Crippen LogP contribution in [-0.4, -0.2) is 17.6 Å². The number of ether oxygens (including phenoxy) is 1. The zero-order valence-electron chi connectivity index (χ0n) is 8.05. The van der Waals surface area contributed by atoms with Crippen LogP contribution in [0.25, 0.3) is 0 Å². The maximum Gasteiger partial charge on any atom is 0.165 e. The van der Waals surface area contributed by atoms with Gasteiger partial charge < -0.3 is 15.7 Å². The van der Waals surface area contributed by atoms with Crippen LogP contribution in [0.15, 0.2) is 35.5 Å². The van der Waals surface area contributed by atoms with E-state index in [1.165, 1.54) is 0 Å². The molecular formula is C10H14N2O2. The summed E-state index contributed by atoms with van der Waals surface area (Å²) in [5.41, 5.74) is 6.34. The zero-order valence-corrected chi connectivity index (χ0v) is 8.05.